The first-order valence-electron chi connectivity index (χ1n) is 9.14. The summed E-state index contributed by atoms with van der Waals surface area (Å²) in [7, 11) is -1.55. The van der Waals surface area contributed by atoms with E-state index in [-0.39, 0.29) is 5.60 Å². The van der Waals surface area contributed by atoms with Gasteiger partial charge in [0.05, 0.1) is 0 Å². The number of nitrogens with zero attached hydrogens (tertiary/aromatic N) is 1. The molecule has 1 unspecified atom stereocenters. The Labute approximate surface area is 154 Å². The molecule has 0 heterocycles. The third-order valence-electron chi connectivity index (χ3n) is 4.30. The Kier molecular flexibility index (Phi) is 6.62. The Morgan fingerprint density at radius 1 is 1.00 bits per heavy atom. The highest BCUT2D eigenvalue weighted by Crippen LogP contribution is 2.17. The molecule has 0 fully saturated rings. The van der Waals surface area contributed by atoms with Gasteiger partial charge in [-0.15, -0.1) is 0 Å². The van der Waals surface area contributed by atoms with Gasteiger partial charge in [0.15, 0.2) is 8.96 Å². The van der Waals surface area contributed by atoms with Gasteiger partial charge in [-0.25, -0.2) is 0 Å². The van der Waals surface area contributed by atoms with Gasteiger partial charge in [0.1, 0.15) is 11.4 Å². The number of hydrogen-bond acceptors (Lipinski definition) is 2. The molecule has 0 N–H and O–H groups in total. The lowest BCUT2D eigenvalue weighted by molar-refractivity contribution is 0.132. The zero-order chi connectivity index (χ0) is 18.4. The zero-order valence-corrected chi connectivity index (χ0v) is 17.4. The van der Waals surface area contributed by atoms with E-state index in [1.807, 2.05) is 6.08 Å². The van der Waals surface area contributed by atoms with Crippen molar-refractivity contribution >= 4 is 25.4 Å². The third kappa shape index (κ3) is 5.07. The summed E-state index contributed by atoms with van der Waals surface area (Å²) in [6, 6.07) is 17.4. The van der Waals surface area contributed by atoms with Crippen molar-refractivity contribution in [3.63, 3.8) is 0 Å². The zero-order valence-electron chi connectivity index (χ0n) is 16.3. The van der Waals surface area contributed by atoms with Gasteiger partial charge in [0.25, 0.3) is 0 Å². The average Bonchev–Trinajstić information content (AvgIpc) is 2.59. The van der Waals surface area contributed by atoms with E-state index in [0.717, 1.165) is 24.4 Å². The highest BCUT2D eigenvalue weighted by Gasteiger charge is 2.27. The molecule has 2 nitrogen and oxygen atoms in total. The van der Waals surface area contributed by atoms with Gasteiger partial charge < -0.3 is 9.30 Å². The maximum Gasteiger partial charge on any atom is 0.180 e. The lowest BCUT2D eigenvalue weighted by atomic mass is 10.2. The number of hydrogen-bond donors (Lipinski definition) is 0. The largest absolute Gasteiger partial charge is 0.488 e. The molecule has 25 heavy (non-hydrogen) atoms. The van der Waals surface area contributed by atoms with Crippen LogP contribution in [0.3, 0.4) is 0 Å². The summed E-state index contributed by atoms with van der Waals surface area (Å²) in [5, 5.41) is 2.77. The molecule has 0 saturated heterocycles. The van der Waals surface area contributed by atoms with Crippen molar-refractivity contribution in [1.82, 2.24) is 4.57 Å². The summed E-state index contributed by atoms with van der Waals surface area (Å²) >= 11 is 0. The summed E-state index contributed by atoms with van der Waals surface area (Å²) in [5.74, 6) is 1.02. The van der Waals surface area contributed by atoms with Crippen LogP contribution in [0.5, 0.6) is 5.75 Å². The van der Waals surface area contributed by atoms with E-state index in [0.29, 0.717) is 0 Å². The molecular weight excluding hydrogens is 322 g/mol. The Bertz CT molecular complexity index is 684. The topological polar surface area (TPSA) is 12.5 Å². The van der Waals surface area contributed by atoms with Crippen LogP contribution in [-0.4, -0.2) is 32.2 Å². The minimum Gasteiger partial charge on any atom is -0.488 e. The maximum atomic E-state index is 6.31. The van der Waals surface area contributed by atoms with Crippen LogP contribution in [0.4, 0.5) is 0 Å². The molecule has 0 aliphatic rings. The van der Waals surface area contributed by atoms with E-state index in [9.17, 15) is 0 Å². The molecule has 0 saturated carbocycles. The van der Waals surface area contributed by atoms with Crippen molar-refractivity contribution < 1.29 is 4.74 Å². The van der Waals surface area contributed by atoms with Gasteiger partial charge in [-0.05, 0) is 55.9 Å². The second kappa shape index (κ2) is 8.50. The number of rotatable bonds is 7. The van der Waals surface area contributed by atoms with Crippen LogP contribution < -0.4 is 15.1 Å². The van der Waals surface area contributed by atoms with Crippen LogP contribution >= 0.6 is 0 Å². The molecule has 2 rings (SSSR count). The first kappa shape index (κ1) is 19.5. The lowest BCUT2D eigenvalue weighted by Crippen LogP contribution is -2.56. The predicted octanol–water partition coefficient (Wildman–Crippen LogP) is 3.69. The first-order valence-corrected chi connectivity index (χ1v) is 10.8. The summed E-state index contributed by atoms with van der Waals surface area (Å²) in [4.78, 5) is 0. The van der Waals surface area contributed by atoms with E-state index in [4.69, 9.17) is 4.74 Å². The molecule has 2 aromatic rings. The first-order chi connectivity index (χ1) is 11.9. The van der Waals surface area contributed by atoms with Gasteiger partial charge >= 0.3 is 0 Å². The van der Waals surface area contributed by atoms with Crippen molar-refractivity contribution in [2.75, 3.05) is 13.1 Å². The van der Waals surface area contributed by atoms with Crippen LogP contribution in [0.15, 0.2) is 55.1 Å². The van der Waals surface area contributed by atoms with Crippen molar-refractivity contribution in [2.45, 2.75) is 40.2 Å². The molecule has 0 aromatic heterocycles. The molecule has 2 aromatic carbocycles. The predicted molar refractivity (Wildman–Crippen MR) is 113 cm³/mol. The summed E-state index contributed by atoms with van der Waals surface area (Å²) < 4.78 is 8.92. The van der Waals surface area contributed by atoms with Crippen LogP contribution in [0.25, 0.3) is 6.08 Å². The molecule has 134 valence electrons. The van der Waals surface area contributed by atoms with Gasteiger partial charge in [-0.2, -0.15) is 0 Å². The number of ether oxygens (including phenoxy) is 1. The average molecular weight is 354 g/mol. The van der Waals surface area contributed by atoms with E-state index in [2.05, 4.69) is 94.3 Å². The standard InChI is InChI=1S/C22H31NOSi/c1-7-18-14-16-19(17-15-18)25(23(8-2)9-3)21-13-11-10-12-20(21)24-22(4,5)6/h7,10-17,25H,1,8-9H2,2-6H3. The molecule has 0 amide bonds. The monoisotopic (exact) mass is 353 g/mol. The highest BCUT2D eigenvalue weighted by atomic mass is 28.3. The number of benzene rings is 2. The minimum absolute atomic E-state index is 0.203. The Morgan fingerprint density at radius 2 is 1.60 bits per heavy atom. The summed E-state index contributed by atoms with van der Waals surface area (Å²) in [6.07, 6.45) is 1.90. The van der Waals surface area contributed by atoms with E-state index < -0.39 is 8.96 Å². The van der Waals surface area contributed by atoms with E-state index in [1.54, 1.807) is 0 Å². The van der Waals surface area contributed by atoms with Crippen molar-refractivity contribution in [1.29, 1.82) is 0 Å². The van der Waals surface area contributed by atoms with Crippen LogP contribution in [-0.2, 0) is 0 Å². The Balaban J connectivity index is 2.54. The van der Waals surface area contributed by atoms with E-state index >= 15 is 0 Å². The second-order valence-corrected chi connectivity index (χ2v) is 10.1. The van der Waals surface area contributed by atoms with Crippen molar-refractivity contribution in [3.8, 4) is 5.75 Å². The summed E-state index contributed by atoms with van der Waals surface area (Å²) in [5.41, 5.74) is 0.959. The second-order valence-electron chi connectivity index (χ2n) is 7.25. The molecule has 0 aliphatic heterocycles. The SMILES string of the molecule is C=Cc1ccc([SiH](c2ccccc2OC(C)(C)C)N(CC)CC)cc1. The fraction of sp³-hybridized carbons (Fsp3) is 0.364. The van der Waals surface area contributed by atoms with Gasteiger partial charge in [-0.3, -0.25) is 0 Å². The molecule has 0 spiro atoms. The quantitative estimate of drug-likeness (QED) is 0.704. The molecule has 0 aliphatic carbocycles. The number of para-hydroxylation sites is 1. The summed E-state index contributed by atoms with van der Waals surface area (Å²) in [6.45, 7) is 16.8. The maximum absolute atomic E-state index is 6.31. The van der Waals surface area contributed by atoms with Crippen molar-refractivity contribution in [3.05, 3.63) is 60.7 Å². The Morgan fingerprint density at radius 3 is 2.12 bits per heavy atom. The highest BCUT2D eigenvalue weighted by molar-refractivity contribution is 6.83. The molecule has 0 radical (unpaired) electrons. The molecule has 1 atom stereocenters. The van der Waals surface area contributed by atoms with Crippen LogP contribution in [0.2, 0.25) is 0 Å². The van der Waals surface area contributed by atoms with Crippen LogP contribution in [0.1, 0.15) is 40.2 Å². The molecular formula is C22H31NOSi. The minimum atomic E-state index is -1.55. The van der Waals surface area contributed by atoms with Gasteiger partial charge in [0, 0.05) is 0 Å². The van der Waals surface area contributed by atoms with Crippen molar-refractivity contribution in [2.24, 2.45) is 0 Å². The molecule has 3 heteroatoms. The normalized spacial score (nSPS) is 12.9. The smallest absolute Gasteiger partial charge is 0.180 e. The van der Waals surface area contributed by atoms with E-state index in [1.165, 1.54) is 10.4 Å². The van der Waals surface area contributed by atoms with Gasteiger partial charge in [-0.1, -0.05) is 69.0 Å². The fourth-order valence-corrected chi connectivity index (χ4v) is 6.30. The third-order valence-corrected chi connectivity index (χ3v) is 7.84. The van der Waals surface area contributed by atoms with Crippen LogP contribution in [0, 0.1) is 0 Å². The lowest BCUT2D eigenvalue weighted by Gasteiger charge is -2.32. The Hall–Kier alpha value is -1.84. The van der Waals surface area contributed by atoms with Gasteiger partial charge in [0.2, 0.25) is 0 Å². The molecule has 0 bridgehead atoms. The fourth-order valence-electron chi connectivity index (χ4n) is 3.12.